The van der Waals surface area contributed by atoms with Gasteiger partial charge in [0.1, 0.15) is 10.7 Å². The molecule has 0 fully saturated rings. The molecule has 0 radical (unpaired) electrons. The van der Waals surface area contributed by atoms with Crippen molar-refractivity contribution in [1.82, 2.24) is 15.1 Å². The third kappa shape index (κ3) is 2.47. The van der Waals surface area contributed by atoms with Gasteiger partial charge in [-0.25, -0.2) is 4.39 Å². The number of thiophene rings is 1. The average molecular weight is 304 g/mol. The Hall–Kier alpha value is -2.41. The van der Waals surface area contributed by atoms with Crippen molar-refractivity contribution >= 4 is 33.0 Å². The molecule has 0 saturated heterocycles. The Morgan fingerprint density at radius 2 is 2.29 bits per heavy atom. The van der Waals surface area contributed by atoms with Gasteiger partial charge in [-0.1, -0.05) is 0 Å². The number of carbonyl (C=O) groups is 1. The Labute approximate surface area is 124 Å². The van der Waals surface area contributed by atoms with Crippen LogP contribution in [-0.4, -0.2) is 15.7 Å². The monoisotopic (exact) mass is 304 g/mol. The van der Waals surface area contributed by atoms with Crippen molar-refractivity contribution in [3.63, 3.8) is 0 Å². The number of hydrogen-bond donors (Lipinski definition) is 2. The Morgan fingerprint density at radius 3 is 3.00 bits per heavy atom. The number of nitrogens with one attached hydrogen (secondary N) is 1. The van der Waals surface area contributed by atoms with E-state index in [1.807, 2.05) is 6.07 Å². The first-order valence-electron chi connectivity index (χ1n) is 6.29. The highest BCUT2D eigenvalue weighted by atomic mass is 32.1. The van der Waals surface area contributed by atoms with Gasteiger partial charge in [0, 0.05) is 23.3 Å². The predicted octanol–water partition coefficient (Wildman–Crippen LogP) is 2.29. The molecule has 21 heavy (non-hydrogen) atoms. The fourth-order valence-electron chi connectivity index (χ4n) is 2.08. The molecule has 5 nitrogen and oxygen atoms in total. The first kappa shape index (κ1) is 13.6. The number of nitrogens with zero attached hydrogens (tertiary/aromatic N) is 2. The van der Waals surface area contributed by atoms with Gasteiger partial charge in [0.05, 0.1) is 17.9 Å². The number of fused-ring (bicyclic) bond motifs is 1. The van der Waals surface area contributed by atoms with Crippen molar-refractivity contribution in [1.29, 1.82) is 0 Å². The third-order valence-corrected chi connectivity index (χ3v) is 4.43. The minimum Gasteiger partial charge on any atom is -0.397 e. The zero-order valence-corrected chi connectivity index (χ0v) is 12.1. The van der Waals surface area contributed by atoms with Crippen LogP contribution < -0.4 is 11.1 Å². The van der Waals surface area contributed by atoms with Gasteiger partial charge in [-0.2, -0.15) is 5.10 Å². The molecule has 0 spiro atoms. The summed E-state index contributed by atoms with van der Waals surface area (Å²) in [5, 5.41) is 7.40. The lowest BCUT2D eigenvalue weighted by atomic mass is 10.2. The number of nitrogens with two attached hydrogens (primary N) is 1. The zero-order valence-electron chi connectivity index (χ0n) is 11.3. The lowest BCUT2D eigenvalue weighted by Gasteiger charge is -2.04. The molecule has 2 aromatic heterocycles. The number of rotatable bonds is 3. The van der Waals surface area contributed by atoms with Crippen molar-refractivity contribution in [3.8, 4) is 0 Å². The average Bonchev–Trinajstić information content (AvgIpc) is 3.01. The molecule has 3 rings (SSSR count). The molecule has 2 heterocycles. The second-order valence-electron chi connectivity index (χ2n) is 4.61. The highest BCUT2D eigenvalue weighted by molar-refractivity contribution is 7.21. The van der Waals surface area contributed by atoms with Crippen molar-refractivity contribution in [2.24, 2.45) is 7.05 Å². The summed E-state index contributed by atoms with van der Waals surface area (Å²) in [5.74, 6) is -0.635. The smallest absolute Gasteiger partial charge is 0.263 e. The molecule has 7 heteroatoms. The molecule has 3 N–H and O–H groups in total. The summed E-state index contributed by atoms with van der Waals surface area (Å²) >= 11 is 1.26. The van der Waals surface area contributed by atoms with Crippen molar-refractivity contribution in [2.45, 2.75) is 6.54 Å². The SMILES string of the molecule is Cn1nccc1CNC(=O)c1sc2ccc(F)cc2c1N. The van der Waals surface area contributed by atoms with Gasteiger partial charge in [-0.3, -0.25) is 9.48 Å². The van der Waals surface area contributed by atoms with E-state index in [4.69, 9.17) is 5.73 Å². The van der Waals surface area contributed by atoms with Gasteiger partial charge < -0.3 is 11.1 Å². The predicted molar refractivity (Wildman–Crippen MR) is 80.6 cm³/mol. The van der Waals surface area contributed by atoms with E-state index in [1.54, 1.807) is 24.0 Å². The Balaban J connectivity index is 1.84. The molecule has 0 saturated carbocycles. The number of nitrogen functional groups attached to an aromatic ring is 1. The molecule has 3 aromatic rings. The number of halogens is 1. The molecular formula is C14H13FN4OS. The topological polar surface area (TPSA) is 72.9 Å². The minimum absolute atomic E-state index is 0.268. The van der Waals surface area contributed by atoms with Crippen molar-refractivity contribution in [2.75, 3.05) is 5.73 Å². The summed E-state index contributed by atoms with van der Waals surface area (Å²) in [6, 6.07) is 6.15. The van der Waals surface area contributed by atoms with Crippen LogP contribution in [0.5, 0.6) is 0 Å². The van der Waals surface area contributed by atoms with E-state index < -0.39 is 0 Å². The van der Waals surface area contributed by atoms with Crippen LogP contribution >= 0.6 is 11.3 Å². The molecule has 0 atom stereocenters. The van der Waals surface area contributed by atoms with E-state index in [0.29, 0.717) is 22.5 Å². The van der Waals surface area contributed by atoms with Gasteiger partial charge in [0.25, 0.3) is 5.91 Å². The lowest BCUT2D eigenvalue weighted by Crippen LogP contribution is -2.23. The number of aromatic nitrogens is 2. The second-order valence-corrected chi connectivity index (χ2v) is 5.67. The summed E-state index contributed by atoms with van der Waals surface area (Å²) in [4.78, 5) is 12.6. The number of hydrogen-bond acceptors (Lipinski definition) is 4. The van der Waals surface area contributed by atoms with E-state index in [1.165, 1.54) is 23.5 Å². The lowest BCUT2D eigenvalue weighted by molar-refractivity contribution is 0.0955. The van der Waals surface area contributed by atoms with E-state index in [0.717, 1.165) is 10.4 Å². The van der Waals surface area contributed by atoms with Gasteiger partial charge in [-0.15, -0.1) is 11.3 Å². The highest BCUT2D eigenvalue weighted by Crippen LogP contribution is 2.33. The Bertz CT molecular complexity index is 824. The minimum atomic E-state index is -0.367. The van der Waals surface area contributed by atoms with Gasteiger partial charge in [-0.05, 0) is 24.3 Å². The first-order chi connectivity index (χ1) is 10.1. The van der Waals surface area contributed by atoms with Gasteiger partial charge in [0.2, 0.25) is 0 Å². The standard InChI is InChI=1S/C14H13FN4OS/c1-19-9(4-5-18-19)7-17-14(20)13-12(16)10-6-8(15)2-3-11(10)21-13/h2-6H,7,16H2,1H3,(H,17,20). The maximum atomic E-state index is 13.2. The molecule has 1 amide bonds. The normalized spacial score (nSPS) is 11.0. The molecule has 0 aliphatic carbocycles. The number of benzene rings is 1. The number of anilines is 1. The van der Waals surface area contributed by atoms with E-state index >= 15 is 0 Å². The maximum absolute atomic E-state index is 13.2. The fraction of sp³-hybridized carbons (Fsp3) is 0.143. The molecular weight excluding hydrogens is 291 g/mol. The van der Waals surface area contributed by atoms with Crippen LogP contribution in [-0.2, 0) is 13.6 Å². The molecule has 0 unspecified atom stereocenters. The number of aryl methyl sites for hydroxylation is 1. The van der Waals surface area contributed by atoms with E-state index in [-0.39, 0.29) is 11.7 Å². The van der Waals surface area contributed by atoms with Gasteiger partial charge >= 0.3 is 0 Å². The van der Waals surface area contributed by atoms with E-state index in [9.17, 15) is 9.18 Å². The summed E-state index contributed by atoms with van der Waals surface area (Å²) in [7, 11) is 1.80. The quantitative estimate of drug-likeness (QED) is 0.779. The Morgan fingerprint density at radius 1 is 1.48 bits per heavy atom. The third-order valence-electron chi connectivity index (χ3n) is 3.25. The van der Waals surface area contributed by atoms with Gasteiger partial charge in [0.15, 0.2) is 0 Å². The van der Waals surface area contributed by atoms with Crippen LogP contribution in [0.25, 0.3) is 10.1 Å². The second kappa shape index (κ2) is 5.17. The van der Waals surface area contributed by atoms with Crippen molar-refractivity contribution in [3.05, 3.63) is 46.9 Å². The van der Waals surface area contributed by atoms with Crippen LogP contribution in [0, 0.1) is 5.82 Å². The molecule has 0 bridgehead atoms. The molecule has 108 valence electrons. The summed E-state index contributed by atoms with van der Waals surface area (Å²) in [5.41, 5.74) is 7.15. The maximum Gasteiger partial charge on any atom is 0.263 e. The molecule has 1 aromatic carbocycles. The van der Waals surface area contributed by atoms with Crippen LogP contribution in [0.1, 0.15) is 15.4 Å². The van der Waals surface area contributed by atoms with Crippen LogP contribution in [0.2, 0.25) is 0 Å². The van der Waals surface area contributed by atoms with Crippen molar-refractivity contribution < 1.29 is 9.18 Å². The first-order valence-corrected chi connectivity index (χ1v) is 7.10. The largest absolute Gasteiger partial charge is 0.397 e. The van der Waals surface area contributed by atoms with Crippen LogP contribution in [0.15, 0.2) is 30.5 Å². The van der Waals surface area contributed by atoms with Crippen LogP contribution in [0.4, 0.5) is 10.1 Å². The van der Waals surface area contributed by atoms with Crippen LogP contribution in [0.3, 0.4) is 0 Å². The fourth-order valence-corrected chi connectivity index (χ4v) is 3.10. The van der Waals surface area contributed by atoms with E-state index in [2.05, 4.69) is 10.4 Å². The zero-order chi connectivity index (χ0) is 15.0. The number of amides is 1. The summed E-state index contributed by atoms with van der Waals surface area (Å²) < 4.78 is 15.7. The molecule has 0 aliphatic rings. The summed E-state index contributed by atoms with van der Waals surface area (Å²) in [6.45, 7) is 0.359. The highest BCUT2D eigenvalue weighted by Gasteiger charge is 2.16. The number of carbonyl (C=O) groups excluding carboxylic acids is 1. The molecule has 0 aliphatic heterocycles. The summed E-state index contributed by atoms with van der Waals surface area (Å²) in [6.07, 6.45) is 1.66. The Kier molecular flexibility index (Phi) is 3.34.